The van der Waals surface area contributed by atoms with Crippen LogP contribution in [0.2, 0.25) is 0 Å². The second kappa shape index (κ2) is 7.59. The van der Waals surface area contributed by atoms with Gasteiger partial charge in [0.2, 0.25) is 0 Å². The molecule has 3 nitrogen and oxygen atoms in total. The minimum Gasteiger partial charge on any atom is -0.355 e. The highest BCUT2D eigenvalue weighted by Gasteiger charge is 2.10. The van der Waals surface area contributed by atoms with Crippen molar-refractivity contribution in [1.82, 2.24) is 9.88 Å². The summed E-state index contributed by atoms with van der Waals surface area (Å²) in [6.07, 6.45) is 1.87. The maximum atomic E-state index is 5.79. The average molecular weight is 270 g/mol. The topological polar surface area (TPSA) is 19.4 Å². The number of likely N-dealkylation sites (N-methyl/N-ethyl adjacent to an activating group) is 1. The van der Waals surface area contributed by atoms with Crippen molar-refractivity contribution in [3.63, 3.8) is 0 Å². The van der Waals surface area contributed by atoms with Gasteiger partial charge in [0.15, 0.2) is 0 Å². The van der Waals surface area contributed by atoms with E-state index in [-0.39, 0.29) is 0 Å². The van der Waals surface area contributed by atoms with Crippen LogP contribution < -0.4 is 4.90 Å². The van der Waals surface area contributed by atoms with Crippen LogP contribution >= 0.6 is 11.6 Å². The maximum absolute atomic E-state index is 5.79. The van der Waals surface area contributed by atoms with Crippen LogP contribution in [0.4, 0.5) is 5.82 Å². The summed E-state index contributed by atoms with van der Waals surface area (Å²) in [6.45, 7) is 7.52. The number of nitrogens with zero attached hydrogens (tertiary/aromatic N) is 3. The largest absolute Gasteiger partial charge is 0.355 e. The molecule has 18 heavy (non-hydrogen) atoms. The normalized spacial score (nSPS) is 11.3. The van der Waals surface area contributed by atoms with Crippen molar-refractivity contribution in [2.24, 2.45) is 5.92 Å². The summed E-state index contributed by atoms with van der Waals surface area (Å²) in [5.74, 6) is 2.19. The minimum atomic E-state index is 0.523. The molecule has 0 aliphatic rings. The van der Waals surface area contributed by atoms with Crippen molar-refractivity contribution in [2.45, 2.75) is 19.7 Å². The van der Waals surface area contributed by atoms with E-state index < -0.39 is 0 Å². The summed E-state index contributed by atoms with van der Waals surface area (Å²) in [5.41, 5.74) is 1.07. The molecule has 102 valence electrons. The first kappa shape index (κ1) is 15.3. The Bertz CT molecular complexity index is 335. The highest BCUT2D eigenvalue weighted by Crippen LogP contribution is 2.14. The van der Waals surface area contributed by atoms with Gasteiger partial charge in [-0.1, -0.05) is 19.9 Å². The molecule has 4 heteroatoms. The quantitative estimate of drug-likeness (QED) is 0.710. The van der Waals surface area contributed by atoms with Gasteiger partial charge in [-0.15, -0.1) is 11.6 Å². The summed E-state index contributed by atoms with van der Waals surface area (Å²) < 4.78 is 0. The fourth-order valence-electron chi connectivity index (χ4n) is 1.74. The molecular weight excluding hydrogens is 246 g/mol. The predicted molar refractivity (Wildman–Crippen MR) is 79.4 cm³/mol. The molecule has 0 unspecified atom stereocenters. The van der Waals surface area contributed by atoms with E-state index in [4.69, 9.17) is 11.6 Å². The molecular formula is C14H24ClN3. The van der Waals surface area contributed by atoms with Crippen LogP contribution in [0, 0.1) is 5.92 Å². The molecule has 0 aromatic carbocycles. The predicted octanol–water partition coefficient (Wildman–Crippen LogP) is 2.84. The molecule has 1 aromatic rings. The van der Waals surface area contributed by atoms with Gasteiger partial charge in [-0.3, -0.25) is 0 Å². The standard InChI is InChI=1S/C14H24ClN3/c1-12(2)11-18(8-7-17(3)4)14-6-5-13(9-15)10-16-14/h5-6,10,12H,7-9,11H2,1-4H3. The number of hydrogen-bond donors (Lipinski definition) is 0. The maximum Gasteiger partial charge on any atom is 0.128 e. The van der Waals surface area contributed by atoms with Gasteiger partial charge in [0.25, 0.3) is 0 Å². The molecule has 0 amide bonds. The van der Waals surface area contributed by atoms with Crippen LogP contribution in [0.25, 0.3) is 0 Å². The van der Waals surface area contributed by atoms with E-state index in [1.54, 1.807) is 0 Å². The van der Waals surface area contributed by atoms with Gasteiger partial charge in [0.05, 0.1) is 0 Å². The van der Waals surface area contributed by atoms with Crippen molar-refractivity contribution in [3.8, 4) is 0 Å². The first-order valence-electron chi connectivity index (χ1n) is 6.43. The zero-order chi connectivity index (χ0) is 13.5. The van der Waals surface area contributed by atoms with Crippen molar-refractivity contribution >= 4 is 17.4 Å². The number of alkyl halides is 1. The molecule has 1 heterocycles. The number of rotatable bonds is 7. The summed E-state index contributed by atoms with van der Waals surface area (Å²) in [6, 6.07) is 4.12. The molecule has 0 spiro atoms. The van der Waals surface area contributed by atoms with Gasteiger partial charge in [-0.25, -0.2) is 4.98 Å². The monoisotopic (exact) mass is 269 g/mol. The molecule has 1 rings (SSSR count). The molecule has 0 N–H and O–H groups in total. The van der Waals surface area contributed by atoms with E-state index in [2.05, 4.69) is 54.9 Å². The minimum absolute atomic E-state index is 0.523. The van der Waals surface area contributed by atoms with E-state index in [0.717, 1.165) is 31.0 Å². The number of pyridine rings is 1. The van der Waals surface area contributed by atoms with E-state index in [9.17, 15) is 0 Å². The molecule has 0 fully saturated rings. The summed E-state index contributed by atoms with van der Waals surface area (Å²) in [5, 5.41) is 0. The Morgan fingerprint density at radius 1 is 1.22 bits per heavy atom. The second-order valence-electron chi connectivity index (χ2n) is 5.30. The molecule has 0 radical (unpaired) electrons. The van der Waals surface area contributed by atoms with E-state index in [1.165, 1.54) is 0 Å². The van der Waals surface area contributed by atoms with E-state index >= 15 is 0 Å². The molecule has 0 atom stereocenters. The smallest absolute Gasteiger partial charge is 0.128 e. The molecule has 0 bridgehead atoms. The van der Waals surface area contributed by atoms with E-state index in [0.29, 0.717) is 11.8 Å². The number of halogens is 1. The Morgan fingerprint density at radius 3 is 2.39 bits per heavy atom. The molecule has 1 aromatic heterocycles. The van der Waals surface area contributed by atoms with Crippen LogP contribution in [0.5, 0.6) is 0 Å². The Balaban J connectivity index is 2.73. The van der Waals surface area contributed by atoms with Crippen LogP contribution in [-0.4, -0.2) is 43.6 Å². The third-order valence-electron chi connectivity index (χ3n) is 2.69. The van der Waals surface area contributed by atoms with Gasteiger partial charge in [0, 0.05) is 31.7 Å². The van der Waals surface area contributed by atoms with Crippen molar-refractivity contribution in [2.75, 3.05) is 38.6 Å². The van der Waals surface area contributed by atoms with Gasteiger partial charge < -0.3 is 9.80 Å². The van der Waals surface area contributed by atoms with Crippen LogP contribution in [-0.2, 0) is 5.88 Å². The van der Waals surface area contributed by atoms with Crippen molar-refractivity contribution in [1.29, 1.82) is 0 Å². The fraction of sp³-hybridized carbons (Fsp3) is 0.643. The number of aromatic nitrogens is 1. The lowest BCUT2D eigenvalue weighted by atomic mass is 10.2. The first-order valence-corrected chi connectivity index (χ1v) is 6.97. The highest BCUT2D eigenvalue weighted by molar-refractivity contribution is 6.17. The first-order chi connectivity index (χ1) is 8.52. The van der Waals surface area contributed by atoms with Crippen LogP contribution in [0.15, 0.2) is 18.3 Å². The lowest BCUT2D eigenvalue weighted by molar-refractivity contribution is 0.408. The van der Waals surface area contributed by atoms with E-state index in [1.807, 2.05) is 6.20 Å². The molecule has 0 saturated heterocycles. The third kappa shape index (κ3) is 5.23. The van der Waals surface area contributed by atoms with Gasteiger partial charge in [-0.2, -0.15) is 0 Å². The summed E-state index contributed by atoms with van der Waals surface area (Å²) in [7, 11) is 4.19. The SMILES string of the molecule is CC(C)CN(CCN(C)C)c1ccc(CCl)cn1. The lowest BCUT2D eigenvalue weighted by Crippen LogP contribution is -2.34. The number of hydrogen-bond acceptors (Lipinski definition) is 3. The van der Waals surface area contributed by atoms with Gasteiger partial charge in [0.1, 0.15) is 5.82 Å². The summed E-state index contributed by atoms with van der Waals surface area (Å²) in [4.78, 5) is 9.03. The van der Waals surface area contributed by atoms with Crippen molar-refractivity contribution in [3.05, 3.63) is 23.9 Å². The van der Waals surface area contributed by atoms with Crippen molar-refractivity contribution < 1.29 is 0 Å². The Hall–Kier alpha value is -0.800. The fourth-order valence-corrected chi connectivity index (χ4v) is 1.90. The second-order valence-corrected chi connectivity index (χ2v) is 5.57. The zero-order valence-electron chi connectivity index (χ0n) is 11.9. The Kier molecular flexibility index (Phi) is 6.44. The van der Waals surface area contributed by atoms with Gasteiger partial charge >= 0.3 is 0 Å². The molecule has 0 aliphatic carbocycles. The third-order valence-corrected chi connectivity index (χ3v) is 3.00. The van der Waals surface area contributed by atoms with Crippen LogP contribution in [0.3, 0.4) is 0 Å². The highest BCUT2D eigenvalue weighted by atomic mass is 35.5. The lowest BCUT2D eigenvalue weighted by Gasteiger charge is -2.27. The Labute approximate surface area is 116 Å². The number of anilines is 1. The Morgan fingerprint density at radius 2 is 1.94 bits per heavy atom. The average Bonchev–Trinajstić information content (AvgIpc) is 2.34. The summed E-state index contributed by atoms with van der Waals surface area (Å²) >= 11 is 5.79. The van der Waals surface area contributed by atoms with Gasteiger partial charge in [-0.05, 0) is 31.6 Å². The zero-order valence-corrected chi connectivity index (χ0v) is 12.6. The van der Waals surface area contributed by atoms with Crippen LogP contribution in [0.1, 0.15) is 19.4 Å². The molecule has 0 saturated carbocycles. The molecule has 0 aliphatic heterocycles.